The molecule has 0 bridgehead atoms. The molecule has 0 heterocycles. The van der Waals surface area contributed by atoms with E-state index >= 15 is 0 Å². The molecule has 9 aromatic carbocycles. The van der Waals surface area contributed by atoms with E-state index < -0.39 is 0 Å². The summed E-state index contributed by atoms with van der Waals surface area (Å²) in [6.45, 7) is 123. The van der Waals surface area contributed by atoms with Crippen LogP contribution in [0.5, 0.6) is 0 Å². The Morgan fingerprint density at radius 1 is 0.121 bits per heavy atom. The lowest BCUT2D eigenvalue weighted by Gasteiger charge is -2.29. The van der Waals surface area contributed by atoms with Gasteiger partial charge in [-0.15, -0.1) is 0 Å². The van der Waals surface area contributed by atoms with Crippen LogP contribution in [0.4, 0.5) is 0 Å². The van der Waals surface area contributed by atoms with Crippen molar-refractivity contribution >= 4 is 0 Å². The average Bonchev–Trinajstić information content (AvgIpc) is 0.810. The molecule has 0 spiro atoms. The zero-order chi connectivity index (χ0) is 103. The fourth-order valence-corrected chi connectivity index (χ4v) is 15.7. The van der Waals surface area contributed by atoms with Crippen LogP contribution in [0.1, 0.15) is 474 Å². The monoisotopic (exact) mass is 1800 g/mol. The van der Waals surface area contributed by atoms with Crippen molar-refractivity contribution in [3.63, 3.8) is 0 Å². The molecule has 0 saturated carbocycles. The zero-order valence-corrected chi connectivity index (χ0v) is 97.0. The minimum Gasteiger partial charge on any atom is -0.0620 e. The van der Waals surface area contributed by atoms with Crippen LogP contribution >= 0.6 is 0 Å². The van der Waals surface area contributed by atoms with Crippen LogP contribution in [0.3, 0.4) is 0 Å². The maximum atomic E-state index is 2.35. The Morgan fingerprint density at radius 2 is 0.288 bits per heavy atom. The Morgan fingerprint density at radius 3 is 0.477 bits per heavy atom. The van der Waals surface area contributed by atoms with Gasteiger partial charge in [-0.25, -0.2) is 0 Å². The minimum absolute atomic E-state index is 0.240. The maximum absolute atomic E-state index is 2.35. The van der Waals surface area contributed by atoms with Crippen LogP contribution in [0.15, 0.2) is 218 Å². The Balaban J connectivity index is 0.000000743. The van der Waals surface area contributed by atoms with Crippen LogP contribution in [0.2, 0.25) is 0 Å². The van der Waals surface area contributed by atoms with Gasteiger partial charge in [0.2, 0.25) is 0 Å². The molecule has 0 amide bonds. The first kappa shape index (κ1) is 123. The number of rotatable bonds is 6. The van der Waals surface area contributed by atoms with E-state index in [9.17, 15) is 0 Å². The van der Waals surface area contributed by atoms with Gasteiger partial charge in [-0.05, 0) is 236 Å². The summed E-state index contributed by atoms with van der Waals surface area (Å²) in [5, 5.41) is 0. The molecular formula is C132H210. The number of hydrogen-bond donors (Lipinski definition) is 0. The van der Waals surface area contributed by atoms with Crippen LogP contribution < -0.4 is 0 Å². The summed E-state index contributed by atoms with van der Waals surface area (Å²) in [7, 11) is 0. The molecule has 0 aliphatic carbocycles. The molecule has 0 aliphatic rings. The van der Waals surface area contributed by atoms with Crippen molar-refractivity contribution < 1.29 is 0 Å². The summed E-state index contributed by atoms with van der Waals surface area (Å²) >= 11 is 0. The van der Waals surface area contributed by atoms with Gasteiger partial charge in [-0.2, -0.15) is 0 Å². The average molecular weight is 1800 g/mol. The zero-order valence-electron chi connectivity index (χ0n) is 97.0. The van der Waals surface area contributed by atoms with Gasteiger partial charge in [0.05, 0.1) is 0 Å². The predicted molar refractivity (Wildman–Crippen MR) is 601 cm³/mol. The first-order valence-corrected chi connectivity index (χ1v) is 50.7. The van der Waals surface area contributed by atoms with Crippen molar-refractivity contribution in [1.29, 1.82) is 0 Å². The van der Waals surface area contributed by atoms with Gasteiger partial charge in [0, 0.05) is 0 Å². The molecule has 9 aromatic rings. The van der Waals surface area contributed by atoms with Gasteiger partial charge in [-0.1, -0.05) is 592 Å². The molecule has 132 heavy (non-hydrogen) atoms. The summed E-state index contributed by atoms with van der Waals surface area (Å²) in [6.07, 6.45) is 6.91. The van der Waals surface area contributed by atoms with E-state index in [4.69, 9.17) is 0 Å². The van der Waals surface area contributed by atoms with Gasteiger partial charge >= 0.3 is 0 Å². The van der Waals surface area contributed by atoms with E-state index in [0.29, 0.717) is 32.5 Å². The molecule has 0 nitrogen and oxygen atoms in total. The molecular weight excluding hydrogens is 1590 g/mol. The molecule has 0 aliphatic heterocycles. The molecule has 0 aromatic heterocycles. The van der Waals surface area contributed by atoms with E-state index in [1.54, 1.807) is 0 Å². The third-order valence-electron chi connectivity index (χ3n) is 23.0. The highest BCUT2D eigenvalue weighted by atomic mass is 14.3. The molecule has 0 heteroatoms. The first-order valence-electron chi connectivity index (χ1n) is 50.7. The lowest BCUT2D eigenvalue weighted by Crippen LogP contribution is -2.21. The summed E-state index contributed by atoms with van der Waals surface area (Å²) in [5.41, 5.74) is 31.3. The fourth-order valence-electron chi connectivity index (χ4n) is 15.7. The largest absolute Gasteiger partial charge is 0.0620 e. The third kappa shape index (κ3) is 51.8. The van der Waals surface area contributed by atoms with E-state index in [1.165, 1.54) is 100 Å². The van der Waals surface area contributed by atoms with Crippen molar-refractivity contribution in [2.45, 2.75) is 477 Å². The Hall–Kier alpha value is -7.02. The van der Waals surface area contributed by atoms with E-state index in [0.717, 1.165) is 38.5 Å². The maximum Gasteiger partial charge on any atom is -0.0129 e. The molecule has 0 saturated heterocycles. The Bertz CT molecular complexity index is 4450. The third-order valence-corrected chi connectivity index (χ3v) is 23.0. The standard InChI is InChI=1S/6C15H24.3C14H22/c2*1-14(2,3)11-12-7-9-13(10-8-12)15(4,5)6;2*1-14(2,3)11-12-8-7-9-13(10-12)15(4,5)6;2*1-14(2,3)11-12-9-7-8-10-13(12)15(4,5)6;1-13(2,3)11-7-9-12(10-8-11)14(4,5)6;1-13(2,3)11-8-7-9-12(10-11)14(4,5)6;1-13(2,3)11-9-7-8-10-12(11)14(4,5)6/h6*7-10H,11H2,1-6H3;3*7-10H,1-6H3. The van der Waals surface area contributed by atoms with Crippen molar-refractivity contribution in [2.75, 3.05) is 0 Å². The van der Waals surface area contributed by atoms with Crippen molar-refractivity contribution in [2.24, 2.45) is 32.5 Å². The van der Waals surface area contributed by atoms with E-state index in [1.807, 2.05) is 0 Å². The summed E-state index contributed by atoms with van der Waals surface area (Å²) < 4.78 is 0. The van der Waals surface area contributed by atoms with Crippen LogP contribution in [-0.4, -0.2) is 0 Å². The summed E-state index contributed by atoms with van der Waals surface area (Å²) in [6, 6.07) is 80.5. The minimum atomic E-state index is 0.240. The lowest BCUT2D eigenvalue weighted by atomic mass is 9.75. The van der Waals surface area contributed by atoms with Crippen LogP contribution in [0, 0.1) is 32.5 Å². The molecule has 0 unspecified atom stereocenters. The van der Waals surface area contributed by atoms with Gasteiger partial charge in [-0.3, -0.25) is 0 Å². The van der Waals surface area contributed by atoms with Crippen molar-refractivity contribution in [3.8, 4) is 0 Å². The molecule has 0 fully saturated rings. The number of hydrogen-bond acceptors (Lipinski definition) is 0. The van der Waals surface area contributed by atoms with Gasteiger partial charge in [0.25, 0.3) is 0 Å². The summed E-state index contributed by atoms with van der Waals surface area (Å²) in [4.78, 5) is 0. The Kier molecular flexibility index (Phi) is 45.0. The predicted octanol–water partition coefficient (Wildman–Crippen LogP) is 40.3. The smallest absolute Gasteiger partial charge is 0.0129 e. The first-order chi connectivity index (χ1) is 58.8. The van der Waals surface area contributed by atoms with Crippen LogP contribution in [0.25, 0.3) is 0 Å². The molecule has 0 radical (unpaired) electrons. The lowest BCUT2D eigenvalue weighted by molar-refractivity contribution is 0.405. The molecule has 0 N–H and O–H groups in total. The number of benzene rings is 9. The second kappa shape index (κ2) is 48.3. The van der Waals surface area contributed by atoms with Gasteiger partial charge in [0.15, 0.2) is 0 Å². The van der Waals surface area contributed by atoms with E-state index in [2.05, 4.69) is 592 Å². The quantitative estimate of drug-likeness (QED) is 0.156. The van der Waals surface area contributed by atoms with Crippen molar-refractivity contribution in [3.05, 3.63) is 319 Å². The highest BCUT2D eigenvalue weighted by Gasteiger charge is 2.28. The van der Waals surface area contributed by atoms with Crippen molar-refractivity contribution in [1.82, 2.24) is 0 Å². The van der Waals surface area contributed by atoms with Crippen LogP contribution in [-0.2, 0) is 104 Å². The SMILES string of the molecule is CC(C)(C)Cc1ccc(C(C)(C)C)cc1.CC(C)(C)Cc1ccc(C(C)(C)C)cc1.CC(C)(C)Cc1cccc(C(C)(C)C)c1.CC(C)(C)Cc1cccc(C(C)(C)C)c1.CC(C)(C)Cc1ccccc1C(C)(C)C.CC(C)(C)Cc1ccccc1C(C)(C)C.CC(C)(C)c1ccc(C(C)(C)C)cc1.CC(C)(C)c1cccc(C(C)(C)C)c1.CC(C)(C)c1ccccc1C(C)(C)C. The fraction of sp³-hybridized carbons (Fsp3) is 0.591. The highest BCUT2D eigenvalue weighted by molar-refractivity contribution is 5.40. The normalized spacial score (nSPS) is 13.0. The second-order valence-electron chi connectivity index (χ2n) is 58.2. The van der Waals surface area contributed by atoms with E-state index in [-0.39, 0.29) is 65.0 Å². The topological polar surface area (TPSA) is 0 Å². The summed E-state index contributed by atoms with van der Waals surface area (Å²) in [5.74, 6) is 0. The highest BCUT2D eigenvalue weighted by Crippen LogP contribution is 2.38. The Labute approximate surface area is 822 Å². The van der Waals surface area contributed by atoms with Gasteiger partial charge < -0.3 is 0 Å². The second-order valence-corrected chi connectivity index (χ2v) is 58.2. The van der Waals surface area contributed by atoms with Gasteiger partial charge in [0.1, 0.15) is 0 Å². The molecule has 9 rings (SSSR count). The molecule has 0 atom stereocenters. The molecule has 738 valence electrons.